The Balaban J connectivity index is 1.76. The molecule has 4 rings (SSSR count). The third-order valence-corrected chi connectivity index (χ3v) is 5.22. The molecule has 3 heterocycles. The summed E-state index contributed by atoms with van der Waals surface area (Å²) in [5.41, 5.74) is 1.16. The van der Waals surface area contributed by atoms with E-state index in [0.29, 0.717) is 29.9 Å². The summed E-state index contributed by atoms with van der Waals surface area (Å²) in [7, 11) is 0. The zero-order chi connectivity index (χ0) is 20.7. The Morgan fingerprint density at radius 3 is 2.76 bits per heavy atom. The number of nitrogens with one attached hydrogen (secondary N) is 2. The third-order valence-electron chi connectivity index (χ3n) is 5.22. The van der Waals surface area contributed by atoms with E-state index in [9.17, 15) is 13.9 Å². The minimum absolute atomic E-state index is 0.000818. The van der Waals surface area contributed by atoms with Crippen LogP contribution in [0.15, 0.2) is 18.3 Å². The summed E-state index contributed by atoms with van der Waals surface area (Å²) in [6, 6.07) is 2.78. The number of imidazole rings is 1. The van der Waals surface area contributed by atoms with Crippen LogP contribution in [0.25, 0.3) is 22.3 Å². The van der Waals surface area contributed by atoms with Crippen LogP contribution in [-0.4, -0.2) is 49.9 Å². The second kappa shape index (κ2) is 7.64. The molecule has 0 bridgehead atoms. The van der Waals surface area contributed by atoms with E-state index in [-0.39, 0.29) is 29.2 Å². The maximum atomic E-state index is 14.7. The molecule has 2 aromatic heterocycles. The highest BCUT2D eigenvalue weighted by molar-refractivity contribution is 5.83. The number of hydrogen-bond donors (Lipinski definition) is 3. The Morgan fingerprint density at radius 1 is 1.24 bits per heavy atom. The predicted molar refractivity (Wildman–Crippen MR) is 107 cm³/mol. The second-order valence-corrected chi connectivity index (χ2v) is 7.65. The molecular formula is C20H24F2N6O. The molecule has 2 atom stereocenters. The monoisotopic (exact) mass is 402 g/mol. The van der Waals surface area contributed by atoms with Crippen molar-refractivity contribution in [2.24, 2.45) is 0 Å². The molecule has 0 saturated carbocycles. The molecule has 29 heavy (non-hydrogen) atoms. The van der Waals surface area contributed by atoms with Gasteiger partial charge >= 0.3 is 0 Å². The number of β-amino-alcohol motifs (C(OH)–C–C–N with tert-alkyl or cyclic N) is 1. The third kappa shape index (κ3) is 3.67. The molecule has 0 amide bonds. The van der Waals surface area contributed by atoms with E-state index in [2.05, 4.69) is 25.6 Å². The van der Waals surface area contributed by atoms with Crippen LogP contribution < -0.4 is 10.6 Å². The van der Waals surface area contributed by atoms with E-state index < -0.39 is 17.7 Å². The average molecular weight is 402 g/mol. The number of benzene rings is 1. The number of nitrogens with zero attached hydrogens (tertiary/aromatic N) is 4. The first kappa shape index (κ1) is 19.7. The molecule has 7 nitrogen and oxygen atoms in total. The minimum Gasteiger partial charge on any atom is -0.390 e. The summed E-state index contributed by atoms with van der Waals surface area (Å²) in [4.78, 5) is 12.6. The SMILES string of the molecule is Cc1nc2c(F)cc(-c3nc(NC4CCNCC4O)ncc3F)cc2n1C(C)C. The maximum Gasteiger partial charge on any atom is 0.223 e. The number of aromatic nitrogens is 4. The molecule has 154 valence electrons. The highest BCUT2D eigenvalue weighted by Crippen LogP contribution is 2.30. The zero-order valence-corrected chi connectivity index (χ0v) is 16.6. The standard InChI is InChI=1S/C20H24F2N6O/c1-10(2)28-11(3)25-19-13(21)6-12(7-16(19)28)18-14(22)8-24-20(27-18)26-15-4-5-23-9-17(15)29/h6-8,10,15,17,23,29H,4-5,9H2,1-3H3,(H,24,26,27). The molecule has 1 saturated heterocycles. The van der Waals surface area contributed by atoms with Crippen molar-refractivity contribution >= 4 is 17.0 Å². The van der Waals surface area contributed by atoms with Gasteiger partial charge in [0.25, 0.3) is 0 Å². The predicted octanol–water partition coefficient (Wildman–Crippen LogP) is 2.80. The highest BCUT2D eigenvalue weighted by Gasteiger charge is 2.24. The maximum absolute atomic E-state index is 14.7. The van der Waals surface area contributed by atoms with Crippen LogP contribution >= 0.6 is 0 Å². The van der Waals surface area contributed by atoms with Crippen LogP contribution in [0.3, 0.4) is 0 Å². The Hall–Kier alpha value is -2.65. The van der Waals surface area contributed by atoms with E-state index in [1.165, 1.54) is 6.07 Å². The van der Waals surface area contributed by atoms with Gasteiger partial charge < -0.3 is 20.3 Å². The van der Waals surface area contributed by atoms with Crippen LogP contribution in [0, 0.1) is 18.6 Å². The lowest BCUT2D eigenvalue weighted by atomic mass is 10.0. The molecule has 2 unspecified atom stereocenters. The molecule has 1 fully saturated rings. The lowest BCUT2D eigenvalue weighted by Gasteiger charge is -2.29. The fourth-order valence-corrected chi connectivity index (χ4v) is 3.87. The molecule has 3 aromatic rings. The van der Waals surface area contributed by atoms with Crippen molar-refractivity contribution < 1.29 is 13.9 Å². The number of hydrogen-bond acceptors (Lipinski definition) is 6. The first-order valence-electron chi connectivity index (χ1n) is 9.71. The van der Waals surface area contributed by atoms with Gasteiger partial charge in [-0.15, -0.1) is 0 Å². The Morgan fingerprint density at radius 2 is 2.03 bits per heavy atom. The normalized spacial score (nSPS) is 19.8. The van der Waals surface area contributed by atoms with Gasteiger partial charge in [0, 0.05) is 18.2 Å². The van der Waals surface area contributed by atoms with Crippen molar-refractivity contribution in [2.75, 3.05) is 18.4 Å². The van der Waals surface area contributed by atoms with Crippen LogP contribution in [0.4, 0.5) is 14.7 Å². The van der Waals surface area contributed by atoms with Gasteiger partial charge in [0.05, 0.1) is 23.9 Å². The zero-order valence-electron chi connectivity index (χ0n) is 16.6. The molecule has 9 heteroatoms. The number of piperidine rings is 1. The Kier molecular flexibility index (Phi) is 5.18. The van der Waals surface area contributed by atoms with Crippen molar-refractivity contribution in [2.45, 2.75) is 45.4 Å². The topological polar surface area (TPSA) is 87.9 Å². The van der Waals surface area contributed by atoms with Crippen molar-refractivity contribution in [1.29, 1.82) is 0 Å². The van der Waals surface area contributed by atoms with Gasteiger partial charge in [0.2, 0.25) is 5.95 Å². The summed E-state index contributed by atoms with van der Waals surface area (Å²) in [5.74, 6) is -0.286. The van der Waals surface area contributed by atoms with Crippen LogP contribution in [0.1, 0.15) is 32.1 Å². The van der Waals surface area contributed by atoms with Gasteiger partial charge in [-0.05, 0) is 45.9 Å². The van der Waals surface area contributed by atoms with E-state index in [4.69, 9.17) is 0 Å². The molecule has 1 aromatic carbocycles. The average Bonchev–Trinajstić information content (AvgIpc) is 3.02. The van der Waals surface area contributed by atoms with E-state index >= 15 is 0 Å². The first-order chi connectivity index (χ1) is 13.8. The summed E-state index contributed by atoms with van der Waals surface area (Å²) < 4.78 is 31.2. The fraction of sp³-hybridized carbons (Fsp3) is 0.450. The van der Waals surface area contributed by atoms with Gasteiger partial charge in [-0.3, -0.25) is 0 Å². The summed E-state index contributed by atoms with van der Waals surface area (Å²) in [5, 5.41) is 16.3. The second-order valence-electron chi connectivity index (χ2n) is 7.65. The van der Waals surface area contributed by atoms with Gasteiger partial charge in [-0.2, -0.15) is 0 Å². The number of anilines is 1. The van der Waals surface area contributed by atoms with Crippen molar-refractivity contribution in [3.63, 3.8) is 0 Å². The van der Waals surface area contributed by atoms with E-state index in [1.807, 2.05) is 25.3 Å². The highest BCUT2D eigenvalue weighted by atomic mass is 19.1. The molecule has 1 aliphatic heterocycles. The molecule has 0 aliphatic carbocycles. The summed E-state index contributed by atoms with van der Waals surface area (Å²) in [6.45, 7) is 7.00. The summed E-state index contributed by atoms with van der Waals surface area (Å²) >= 11 is 0. The molecule has 0 spiro atoms. The number of aliphatic hydroxyl groups excluding tert-OH is 1. The van der Waals surface area contributed by atoms with E-state index in [1.54, 1.807) is 6.07 Å². The number of aliphatic hydroxyl groups is 1. The molecule has 3 N–H and O–H groups in total. The quantitative estimate of drug-likeness (QED) is 0.622. The number of fused-ring (bicyclic) bond motifs is 1. The minimum atomic E-state index is -0.646. The number of halogens is 2. The van der Waals surface area contributed by atoms with Crippen LogP contribution in [0.5, 0.6) is 0 Å². The first-order valence-corrected chi connectivity index (χ1v) is 9.71. The van der Waals surface area contributed by atoms with Gasteiger partial charge in [0.15, 0.2) is 11.6 Å². The summed E-state index contributed by atoms with van der Waals surface area (Å²) in [6.07, 6.45) is 1.15. The van der Waals surface area contributed by atoms with Crippen LogP contribution in [0.2, 0.25) is 0 Å². The van der Waals surface area contributed by atoms with Gasteiger partial charge in [-0.25, -0.2) is 23.7 Å². The molecule has 1 aliphatic rings. The largest absolute Gasteiger partial charge is 0.390 e. The van der Waals surface area contributed by atoms with Crippen molar-refractivity contribution in [3.05, 3.63) is 35.8 Å². The lowest BCUT2D eigenvalue weighted by molar-refractivity contribution is 0.128. The fourth-order valence-electron chi connectivity index (χ4n) is 3.87. The van der Waals surface area contributed by atoms with Crippen molar-refractivity contribution in [1.82, 2.24) is 24.8 Å². The lowest BCUT2D eigenvalue weighted by Crippen LogP contribution is -2.47. The van der Waals surface area contributed by atoms with Gasteiger partial charge in [-0.1, -0.05) is 0 Å². The number of aryl methyl sites for hydroxylation is 1. The number of rotatable bonds is 4. The van der Waals surface area contributed by atoms with Crippen molar-refractivity contribution in [3.8, 4) is 11.3 Å². The van der Waals surface area contributed by atoms with Gasteiger partial charge in [0.1, 0.15) is 17.0 Å². The van der Waals surface area contributed by atoms with E-state index in [0.717, 1.165) is 12.7 Å². The Bertz CT molecular complexity index is 1050. The smallest absolute Gasteiger partial charge is 0.223 e. The Labute approximate surface area is 167 Å². The van der Waals surface area contributed by atoms with Crippen LogP contribution in [-0.2, 0) is 0 Å². The molecule has 0 radical (unpaired) electrons. The molecular weight excluding hydrogens is 378 g/mol.